The van der Waals surface area contributed by atoms with Crippen molar-refractivity contribution in [1.29, 1.82) is 0 Å². The van der Waals surface area contributed by atoms with Gasteiger partial charge in [0.1, 0.15) is 5.82 Å². The zero-order chi connectivity index (χ0) is 13.0. The first-order valence-corrected chi connectivity index (χ1v) is 6.60. The topological polar surface area (TPSA) is 15.3 Å². The van der Waals surface area contributed by atoms with Crippen LogP contribution in [-0.2, 0) is 0 Å². The first-order chi connectivity index (χ1) is 8.70. The first kappa shape index (κ1) is 13.5. The number of hydrogen-bond donors (Lipinski definition) is 1. The highest BCUT2D eigenvalue weighted by Crippen LogP contribution is 2.28. The molecule has 1 aromatic carbocycles. The molecule has 2 nitrogen and oxygen atoms in total. The van der Waals surface area contributed by atoms with Gasteiger partial charge in [-0.1, -0.05) is 17.7 Å². The molecule has 18 heavy (non-hydrogen) atoms. The van der Waals surface area contributed by atoms with Crippen LogP contribution in [0.15, 0.2) is 30.9 Å². The Morgan fingerprint density at radius 3 is 2.72 bits per heavy atom. The van der Waals surface area contributed by atoms with Gasteiger partial charge < -0.3 is 5.32 Å². The molecule has 0 saturated carbocycles. The highest BCUT2D eigenvalue weighted by molar-refractivity contribution is 6.30. The molecule has 1 aromatic rings. The molecule has 1 saturated heterocycles. The van der Waals surface area contributed by atoms with Gasteiger partial charge >= 0.3 is 0 Å². The lowest BCUT2D eigenvalue weighted by Gasteiger charge is -2.34. The second kappa shape index (κ2) is 6.32. The van der Waals surface area contributed by atoms with Crippen LogP contribution in [-0.4, -0.2) is 31.1 Å². The number of piperazine rings is 1. The van der Waals surface area contributed by atoms with Crippen LogP contribution in [0.1, 0.15) is 18.0 Å². The summed E-state index contributed by atoms with van der Waals surface area (Å²) in [5.41, 5.74) is 0.932. The first-order valence-electron chi connectivity index (χ1n) is 6.22. The van der Waals surface area contributed by atoms with Crippen molar-refractivity contribution >= 4 is 11.6 Å². The number of nitrogens with one attached hydrogen (secondary N) is 1. The molecule has 0 unspecified atom stereocenters. The summed E-state index contributed by atoms with van der Waals surface area (Å²) >= 11 is 5.94. The van der Waals surface area contributed by atoms with Crippen LogP contribution in [0.3, 0.4) is 0 Å². The molecule has 1 fully saturated rings. The van der Waals surface area contributed by atoms with E-state index < -0.39 is 0 Å². The zero-order valence-electron chi connectivity index (χ0n) is 10.3. The molecule has 0 aliphatic carbocycles. The second-order valence-corrected chi connectivity index (χ2v) is 4.97. The van der Waals surface area contributed by atoms with E-state index in [9.17, 15) is 4.39 Å². The minimum Gasteiger partial charge on any atom is -0.314 e. The van der Waals surface area contributed by atoms with Gasteiger partial charge in [-0.3, -0.25) is 4.90 Å². The van der Waals surface area contributed by atoms with Crippen molar-refractivity contribution in [3.8, 4) is 0 Å². The van der Waals surface area contributed by atoms with Gasteiger partial charge in [0.15, 0.2) is 0 Å². The van der Waals surface area contributed by atoms with Crippen molar-refractivity contribution in [1.82, 2.24) is 10.2 Å². The molecular formula is C14H18ClFN2. The average molecular weight is 269 g/mol. The molecule has 1 atom stereocenters. The van der Waals surface area contributed by atoms with Crippen LogP contribution >= 0.6 is 11.6 Å². The minimum atomic E-state index is -0.276. The summed E-state index contributed by atoms with van der Waals surface area (Å²) in [6.45, 7) is 7.66. The van der Waals surface area contributed by atoms with Crippen molar-refractivity contribution in [3.63, 3.8) is 0 Å². The van der Waals surface area contributed by atoms with E-state index >= 15 is 0 Å². The maximum atomic E-state index is 13.5. The second-order valence-electron chi connectivity index (χ2n) is 4.53. The fraction of sp³-hybridized carbons (Fsp3) is 0.429. The SMILES string of the molecule is C=CC[C@H](c1cc(F)cc(Cl)c1)N1CCNCC1. The van der Waals surface area contributed by atoms with Gasteiger partial charge in [-0.2, -0.15) is 0 Å². The molecular weight excluding hydrogens is 251 g/mol. The van der Waals surface area contributed by atoms with Gasteiger partial charge in [-0.15, -0.1) is 6.58 Å². The van der Waals surface area contributed by atoms with E-state index in [0.29, 0.717) is 5.02 Å². The molecule has 1 heterocycles. The third kappa shape index (κ3) is 3.31. The predicted octanol–water partition coefficient (Wildman–Crippen LogP) is 3.00. The molecule has 1 aliphatic heterocycles. The van der Waals surface area contributed by atoms with Gasteiger partial charge in [0.25, 0.3) is 0 Å². The summed E-state index contributed by atoms with van der Waals surface area (Å²) in [5, 5.41) is 3.77. The van der Waals surface area contributed by atoms with E-state index in [4.69, 9.17) is 11.6 Å². The summed E-state index contributed by atoms with van der Waals surface area (Å²) in [6, 6.07) is 4.93. The molecule has 0 aromatic heterocycles. The summed E-state index contributed by atoms with van der Waals surface area (Å²) in [7, 11) is 0. The quantitative estimate of drug-likeness (QED) is 0.845. The van der Waals surface area contributed by atoms with E-state index in [1.807, 2.05) is 12.1 Å². The Morgan fingerprint density at radius 1 is 1.39 bits per heavy atom. The molecule has 98 valence electrons. The van der Waals surface area contributed by atoms with Crippen molar-refractivity contribution in [2.24, 2.45) is 0 Å². The van der Waals surface area contributed by atoms with Crippen molar-refractivity contribution in [2.45, 2.75) is 12.5 Å². The van der Waals surface area contributed by atoms with Crippen molar-refractivity contribution in [2.75, 3.05) is 26.2 Å². The molecule has 4 heteroatoms. The highest BCUT2D eigenvalue weighted by Gasteiger charge is 2.21. The number of hydrogen-bond acceptors (Lipinski definition) is 2. The van der Waals surface area contributed by atoms with E-state index in [1.165, 1.54) is 6.07 Å². The maximum Gasteiger partial charge on any atom is 0.125 e. The van der Waals surface area contributed by atoms with Gasteiger partial charge in [-0.05, 0) is 30.2 Å². The van der Waals surface area contributed by atoms with E-state index in [1.54, 1.807) is 6.07 Å². The van der Waals surface area contributed by atoms with Crippen molar-refractivity contribution in [3.05, 3.63) is 47.3 Å². The summed E-state index contributed by atoms with van der Waals surface area (Å²) in [4.78, 5) is 2.35. The molecule has 2 rings (SSSR count). The molecule has 1 N–H and O–H groups in total. The summed E-state index contributed by atoms with van der Waals surface area (Å²) in [6.07, 6.45) is 2.69. The van der Waals surface area contributed by atoms with Gasteiger partial charge in [0.2, 0.25) is 0 Å². The highest BCUT2D eigenvalue weighted by atomic mass is 35.5. The van der Waals surface area contributed by atoms with E-state index in [-0.39, 0.29) is 11.9 Å². The number of nitrogens with zero attached hydrogens (tertiary/aromatic N) is 1. The number of rotatable bonds is 4. The summed E-state index contributed by atoms with van der Waals surface area (Å²) in [5.74, 6) is -0.276. The monoisotopic (exact) mass is 268 g/mol. The summed E-state index contributed by atoms with van der Waals surface area (Å²) < 4.78 is 13.5. The fourth-order valence-corrected chi connectivity index (χ4v) is 2.65. The van der Waals surface area contributed by atoms with Crippen LogP contribution in [0.5, 0.6) is 0 Å². The van der Waals surface area contributed by atoms with Crippen molar-refractivity contribution < 1.29 is 4.39 Å². The van der Waals surface area contributed by atoms with Crippen LogP contribution in [0.2, 0.25) is 5.02 Å². The Bertz CT molecular complexity index is 396. The Balaban J connectivity index is 2.24. The number of halogens is 2. The third-order valence-electron chi connectivity index (χ3n) is 3.25. The van der Waals surface area contributed by atoms with Crippen LogP contribution in [0.25, 0.3) is 0 Å². The third-order valence-corrected chi connectivity index (χ3v) is 3.47. The van der Waals surface area contributed by atoms with E-state index in [2.05, 4.69) is 16.8 Å². The Kier molecular flexibility index (Phi) is 4.75. The largest absolute Gasteiger partial charge is 0.314 e. The molecule has 0 radical (unpaired) electrons. The van der Waals surface area contributed by atoms with Gasteiger partial charge in [0.05, 0.1) is 0 Å². The van der Waals surface area contributed by atoms with Gasteiger partial charge in [0, 0.05) is 37.2 Å². The van der Waals surface area contributed by atoms with Gasteiger partial charge in [-0.25, -0.2) is 4.39 Å². The molecule has 0 bridgehead atoms. The standard InChI is InChI=1S/C14H18ClFN2/c1-2-3-14(18-6-4-17-5-7-18)11-8-12(15)10-13(16)9-11/h2,8-10,14,17H,1,3-7H2/t14-/m1/s1. The molecule has 0 amide bonds. The normalized spacial score (nSPS) is 18.6. The number of benzene rings is 1. The lowest BCUT2D eigenvalue weighted by atomic mass is 10.0. The molecule has 1 aliphatic rings. The lowest BCUT2D eigenvalue weighted by Crippen LogP contribution is -2.45. The Morgan fingerprint density at radius 2 is 2.11 bits per heavy atom. The van der Waals surface area contributed by atoms with Crippen LogP contribution in [0, 0.1) is 5.82 Å². The zero-order valence-corrected chi connectivity index (χ0v) is 11.1. The lowest BCUT2D eigenvalue weighted by molar-refractivity contribution is 0.174. The predicted molar refractivity (Wildman–Crippen MR) is 73.4 cm³/mol. The Labute approximate surface area is 112 Å². The smallest absolute Gasteiger partial charge is 0.125 e. The van der Waals surface area contributed by atoms with Crippen LogP contribution in [0.4, 0.5) is 4.39 Å². The van der Waals surface area contributed by atoms with Crippen LogP contribution < -0.4 is 5.32 Å². The fourth-order valence-electron chi connectivity index (χ4n) is 2.42. The maximum absolute atomic E-state index is 13.5. The minimum absolute atomic E-state index is 0.165. The van der Waals surface area contributed by atoms with E-state index in [0.717, 1.165) is 38.2 Å². The Hall–Kier alpha value is -0.900. The average Bonchev–Trinajstić information content (AvgIpc) is 2.36. The molecule has 0 spiro atoms.